The molecule has 69 heavy (non-hydrogen) atoms. The van der Waals surface area contributed by atoms with Crippen molar-refractivity contribution in [2.24, 2.45) is 0 Å². The lowest BCUT2D eigenvalue weighted by atomic mass is 9.29. The van der Waals surface area contributed by atoms with Crippen LogP contribution in [-0.4, -0.2) is 20.1 Å². The maximum absolute atomic E-state index is 7.46. The molecule has 0 amide bonds. The molecular formula is C60H36B3N3O3. The molecule has 6 heterocycles. The lowest BCUT2D eigenvalue weighted by molar-refractivity contribution is 0.466. The van der Waals surface area contributed by atoms with E-state index in [1.165, 1.54) is 21.9 Å². The van der Waals surface area contributed by atoms with Crippen LogP contribution in [0.4, 0.5) is 51.2 Å². The molecule has 0 saturated heterocycles. The van der Waals surface area contributed by atoms with Crippen LogP contribution >= 0.6 is 0 Å². The fraction of sp³-hybridized carbons (Fsp3) is 0. The smallest absolute Gasteiger partial charge is 0.260 e. The molecule has 0 aromatic heterocycles. The molecule has 0 radical (unpaired) electrons. The van der Waals surface area contributed by atoms with Gasteiger partial charge < -0.3 is 28.9 Å². The highest BCUT2D eigenvalue weighted by Gasteiger charge is 2.50. The van der Waals surface area contributed by atoms with Gasteiger partial charge in [-0.15, -0.1) is 0 Å². The summed E-state index contributed by atoms with van der Waals surface area (Å²) in [7, 11) is 0. The average molecular weight is 879 g/mol. The Morgan fingerprint density at radius 2 is 0.667 bits per heavy atom. The van der Waals surface area contributed by atoms with E-state index in [1.54, 1.807) is 0 Å². The van der Waals surface area contributed by atoms with Gasteiger partial charge in [0.15, 0.2) is 0 Å². The van der Waals surface area contributed by atoms with Crippen LogP contribution in [0.5, 0.6) is 34.5 Å². The summed E-state index contributed by atoms with van der Waals surface area (Å²) in [5.74, 6) is 5.22. The molecule has 16 rings (SSSR count). The number of hydrogen-bond donors (Lipinski definition) is 0. The summed E-state index contributed by atoms with van der Waals surface area (Å²) < 4.78 is 20.9. The van der Waals surface area contributed by atoms with E-state index in [9.17, 15) is 0 Å². The minimum atomic E-state index is -0.224. The van der Waals surface area contributed by atoms with Crippen LogP contribution in [0.25, 0.3) is 0 Å². The Bertz CT molecular complexity index is 3830. The minimum Gasteiger partial charge on any atom is -0.459 e. The fourth-order valence-corrected chi connectivity index (χ4v) is 12.5. The van der Waals surface area contributed by atoms with Crippen LogP contribution in [-0.2, 0) is 0 Å². The van der Waals surface area contributed by atoms with E-state index in [1.807, 2.05) is 0 Å². The second-order valence-electron chi connectivity index (χ2n) is 18.6. The third-order valence-electron chi connectivity index (χ3n) is 15.2. The third-order valence-corrected chi connectivity index (χ3v) is 15.2. The van der Waals surface area contributed by atoms with Crippen molar-refractivity contribution in [3.8, 4) is 34.5 Å². The molecule has 0 N–H and O–H groups in total. The van der Waals surface area contributed by atoms with E-state index in [2.05, 4.69) is 233 Å². The second-order valence-corrected chi connectivity index (χ2v) is 18.6. The quantitative estimate of drug-likeness (QED) is 0.165. The first-order valence-electron chi connectivity index (χ1n) is 23.8. The number of fused-ring (bicyclic) bond motifs is 13. The molecular weight excluding hydrogens is 843 g/mol. The first-order chi connectivity index (χ1) is 34.3. The maximum atomic E-state index is 7.46. The Hall–Kier alpha value is -8.81. The molecule has 0 bridgehead atoms. The average Bonchev–Trinajstić information content (AvgIpc) is 3.41. The van der Waals surface area contributed by atoms with Crippen molar-refractivity contribution >= 4 is 120 Å². The Labute approximate surface area is 400 Å². The summed E-state index contributed by atoms with van der Waals surface area (Å²) >= 11 is 0. The van der Waals surface area contributed by atoms with E-state index in [0.29, 0.717) is 0 Å². The van der Waals surface area contributed by atoms with Crippen molar-refractivity contribution in [1.29, 1.82) is 0 Å². The maximum Gasteiger partial charge on any atom is 0.260 e. The Kier molecular flexibility index (Phi) is 7.50. The zero-order chi connectivity index (χ0) is 44.9. The summed E-state index contributed by atoms with van der Waals surface area (Å²) in [5.41, 5.74) is 20.5. The molecule has 0 unspecified atom stereocenters. The van der Waals surface area contributed by atoms with Crippen LogP contribution < -0.4 is 78.1 Å². The highest BCUT2D eigenvalue weighted by Crippen LogP contribution is 2.48. The Morgan fingerprint density at radius 3 is 1.26 bits per heavy atom. The van der Waals surface area contributed by atoms with E-state index in [-0.39, 0.29) is 20.1 Å². The molecule has 0 saturated carbocycles. The zero-order valence-corrected chi connectivity index (χ0v) is 37.1. The monoisotopic (exact) mass is 879 g/mol. The van der Waals surface area contributed by atoms with Gasteiger partial charge in [0, 0.05) is 56.6 Å². The second kappa shape index (κ2) is 13.9. The van der Waals surface area contributed by atoms with E-state index in [0.717, 1.165) is 113 Å². The van der Waals surface area contributed by atoms with E-state index >= 15 is 0 Å². The summed E-state index contributed by atoms with van der Waals surface area (Å²) in [5, 5.41) is 0. The van der Waals surface area contributed by atoms with Crippen molar-refractivity contribution in [3.05, 3.63) is 218 Å². The largest absolute Gasteiger partial charge is 0.459 e. The van der Waals surface area contributed by atoms with E-state index < -0.39 is 0 Å². The number of ether oxygens (including phenoxy) is 3. The summed E-state index contributed by atoms with van der Waals surface area (Å²) in [6, 6.07) is 78.8. The van der Waals surface area contributed by atoms with Gasteiger partial charge in [0.1, 0.15) is 34.5 Å². The molecule has 0 aliphatic carbocycles. The molecule has 318 valence electrons. The normalized spacial score (nSPS) is 14.3. The predicted octanol–water partition coefficient (Wildman–Crippen LogP) is 8.90. The van der Waals surface area contributed by atoms with Gasteiger partial charge >= 0.3 is 0 Å². The molecule has 6 nitrogen and oxygen atoms in total. The van der Waals surface area contributed by atoms with Crippen molar-refractivity contribution in [1.82, 2.24) is 0 Å². The molecule has 0 spiro atoms. The summed E-state index contributed by atoms with van der Waals surface area (Å²) in [4.78, 5) is 7.41. The molecule has 9 heteroatoms. The van der Waals surface area contributed by atoms with Gasteiger partial charge in [-0.25, -0.2) is 0 Å². The predicted molar refractivity (Wildman–Crippen MR) is 284 cm³/mol. The first-order valence-corrected chi connectivity index (χ1v) is 23.8. The number of anilines is 9. The zero-order valence-electron chi connectivity index (χ0n) is 37.1. The van der Waals surface area contributed by atoms with E-state index in [4.69, 9.17) is 14.2 Å². The number of para-hydroxylation sites is 5. The van der Waals surface area contributed by atoms with Crippen LogP contribution in [0.1, 0.15) is 0 Å². The highest BCUT2D eigenvalue weighted by atomic mass is 16.5. The number of rotatable bonds is 3. The topological polar surface area (TPSA) is 37.4 Å². The molecule has 0 fully saturated rings. The van der Waals surface area contributed by atoms with Gasteiger partial charge in [-0.2, -0.15) is 0 Å². The highest BCUT2D eigenvalue weighted by molar-refractivity contribution is 7.04. The van der Waals surface area contributed by atoms with Gasteiger partial charge in [-0.3, -0.25) is 0 Å². The van der Waals surface area contributed by atoms with Crippen LogP contribution in [0.15, 0.2) is 218 Å². The number of benzene rings is 10. The van der Waals surface area contributed by atoms with Gasteiger partial charge in [0.25, 0.3) is 20.1 Å². The fourth-order valence-electron chi connectivity index (χ4n) is 12.5. The van der Waals surface area contributed by atoms with Crippen molar-refractivity contribution < 1.29 is 14.2 Å². The minimum absolute atomic E-state index is 0.0856. The number of nitrogens with zero attached hydrogens (tertiary/aromatic N) is 3. The SMILES string of the molecule is c1ccc(N2c3cc4c(cc3B3c5ccccc5Oc5cccc2c53)B2c3c(cccc3N(c3ccccc3)c3ccc5c(c32)Oc2cccc3c2B5c2ccccc2O3)N4c2ccccc2)cc1. The van der Waals surface area contributed by atoms with Crippen LogP contribution in [0.2, 0.25) is 0 Å². The molecule has 10 aromatic rings. The van der Waals surface area contributed by atoms with Gasteiger partial charge in [0.05, 0.1) is 0 Å². The van der Waals surface area contributed by atoms with Crippen molar-refractivity contribution in [3.63, 3.8) is 0 Å². The summed E-state index contributed by atoms with van der Waals surface area (Å²) in [6.07, 6.45) is 0. The molecule has 10 aromatic carbocycles. The van der Waals surface area contributed by atoms with Gasteiger partial charge in [-0.1, -0.05) is 121 Å². The van der Waals surface area contributed by atoms with Crippen LogP contribution in [0.3, 0.4) is 0 Å². The lowest BCUT2D eigenvalue weighted by Crippen LogP contribution is -2.66. The molecule has 6 aliphatic rings. The Balaban J connectivity index is 1.04. The Morgan fingerprint density at radius 1 is 0.246 bits per heavy atom. The van der Waals surface area contributed by atoms with Crippen LogP contribution in [0, 0.1) is 0 Å². The molecule has 0 atom stereocenters. The molecule has 6 aliphatic heterocycles. The van der Waals surface area contributed by atoms with Gasteiger partial charge in [-0.05, 0) is 141 Å². The van der Waals surface area contributed by atoms with Crippen molar-refractivity contribution in [2.45, 2.75) is 0 Å². The first kappa shape index (κ1) is 37.3. The standard InChI is InChI=1S/C60H36B3N3O3/c1-4-17-37(18-5-1)64-45-25-14-26-46-56(45)63(58-48(64)34-33-42-60(58)69-55-32-16-31-54-59(55)61(42)40-23-10-12-28-51(40)68-54)44-35-43-49(36-50(44)65(46)38-19-6-2-7-20-38)66(39-21-8-3-9-22-39)47-27-15-30-53-57(47)62(43)41-24-11-13-29-52(41)67-53/h1-36H. The van der Waals surface area contributed by atoms with Crippen molar-refractivity contribution in [2.75, 3.05) is 14.7 Å². The lowest BCUT2D eigenvalue weighted by Gasteiger charge is -2.47. The van der Waals surface area contributed by atoms with Gasteiger partial charge in [0.2, 0.25) is 0 Å². The summed E-state index contributed by atoms with van der Waals surface area (Å²) in [6.45, 7) is -0.396. The third kappa shape index (κ3) is 5.03. The number of hydrogen-bond acceptors (Lipinski definition) is 6.